The van der Waals surface area contributed by atoms with Crippen molar-refractivity contribution in [2.45, 2.75) is 32.7 Å². The maximum Gasteiger partial charge on any atom is 0.141 e. The molecule has 1 fully saturated rings. The van der Waals surface area contributed by atoms with E-state index in [1.807, 2.05) is 0 Å². The molecule has 4 heteroatoms. The third-order valence-corrected chi connectivity index (χ3v) is 3.95. The Bertz CT molecular complexity index is 371. The molecule has 1 aliphatic heterocycles. The summed E-state index contributed by atoms with van der Waals surface area (Å²) < 4.78 is 12.8. The summed E-state index contributed by atoms with van der Waals surface area (Å²) in [6.07, 6.45) is 3.91. The van der Waals surface area contributed by atoms with E-state index in [0.717, 1.165) is 24.7 Å². The molecule has 2 rings (SSSR count). The summed E-state index contributed by atoms with van der Waals surface area (Å²) in [5.41, 5.74) is 0.897. The van der Waals surface area contributed by atoms with Crippen molar-refractivity contribution in [3.05, 3.63) is 29.8 Å². The zero-order valence-corrected chi connectivity index (χ0v) is 11.9. The molecule has 106 valence electrons. The highest BCUT2D eigenvalue weighted by Crippen LogP contribution is 2.15. The number of hydrogen-bond acceptors (Lipinski definition) is 3. The van der Waals surface area contributed by atoms with Crippen molar-refractivity contribution in [3.63, 3.8) is 0 Å². The largest absolute Gasteiger partial charge is 0.308 e. The number of aromatic nitrogens is 1. The van der Waals surface area contributed by atoms with Crippen LogP contribution in [0.4, 0.5) is 4.39 Å². The van der Waals surface area contributed by atoms with E-state index in [0.29, 0.717) is 0 Å². The number of halogens is 1. The Morgan fingerprint density at radius 3 is 2.79 bits per heavy atom. The Labute approximate surface area is 115 Å². The standard InChI is InChI=1S/C15H24FN3/c1-12-5-8-19(9-6-12)10-7-17-13(2)15-4-3-14(16)11-18-15/h3-4,11-13,17H,5-10H2,1-2H3. The SMILES string of the molecule is CC1CCN(CCNC(C)c2ccc(F)cn2)CC1. The Morgan fingerprint density at radius 1 is 1.42 bits per heavy atom. The highest BCUT2D eigenvalue weighted by molar-refractivity contribution is 5.08. The quantitative estimate of drug-likeness (QED) is 0.887. The molecule has 1 aliphatic rings. The molecule has 1 aromatic heterocycles. The van der Waals surface area contributed by atoms with Crippen molar-refractivity contribution in [2.75, 3.05) is 26.2 Å². The van der Waals surface area contributed by atoms with Gasteiger partial charge in [-0.25, -0.2) is 4.39 Å². The van der Waals surface area contributed by atoms with Crippen molar-refractivity contribution in [2.24, 2.45) is 5.92 Å². The smallest absolute Gasteiger partial charge is 0.141 e. The van der Waals surface area contributed by atoms with Crippen LogP contribution in [0.2, 0.25) is 0 Å². The normalized spacial score (nSPS) is 19.5. The number of likely N-dealkylation sites (tertiary alicyclic amines) is 1. The van der Waals surface area contributed by atoms with E-state index in [2.05, 4.69) is 29.0 Å². The van der Waals surface area contributed by atoms with Gasteiger partial charge in [0, 0.05) is 19.1 Å². The second-order valence-corrected chi connectivity index (χ2v) is 5.60. The Balaban J connectivity index is 1.69. The first-order valence-corrected chi connectivity index (χ1v) is 7.22. The fraction of sp³-hybridized carbons (Fsp3) is 0.667. The minimum absolute atomic E-state index is 0.171. The maximum atomic E-state index is 12.8. The van der Waals surface area contributed by atoms with Crippen LogP contribution in [0.1, 0.15) is 38.4 Å². The van der Waals surface area contributed by atoms with E-state index in [1.54, 1.807) is 6.07 Å². The van der Waals surface area contributed by atoms with Crippen LogP contribution in [0.15, 0.2) is 18.3 Å². The van der Waals surface area contributed by atoms with Gasteiger partial charge in [0.2, 0.25) is 0 Å². The van der Waals surface area contributed by atoms with Gasteiger partial charge in [-0.2, -0.15) is 0 Å². The third-order valence-electron chi connectivity index (χ3n) is 3.95. The number of hydrogen-bond donors (Lipinski definition) is 1. The Morgan fingerprint density at radius 2 is 2.16 bits per heavy atom. The van der Waals surface area contributed by atoms with Gasteiger partial charge in [-0.1, -0.05) is 6.92 Å². The van der Waals surface area contributed by atoms with Gasteiger partial charge in [-0.05, 0) is 50.9 Å². The minimum atomic E-state index is -0.279. The van der Waals surface area contributed by atoms with Gasteiger partial charge in [-0.15, -0.1) is 0 Å². The predicted molar refractivity (Wildman–Crippen MR) is 75.5 cm³/mol. The minimum Gasteiger partial charge on any atom is -0.308 e. The van der Waals surface area contributed by atoms with Crippen molar-refractivity contribution in [3.8, 4) is 0 Å². The Kier molecular flexibility index (Phi) is 5.28. The first kappa shape index (κ1) is 14.4. The van der Waals surface area contributed by atoms with Gasteiger partial charge >= 0.3 is 0 Å². The molecule has 1 atom stereocenters. The summed E-state index contributed by atoms with van der Waals surface area (Å²) in [5.74, 6) is 0.602. The third kappa shape index (κ3) is 4.55. The van der Waals surface area contributed by atoms with Crippen LogP contribution in [0, 0.1) is 11.7 Å². The molecule has 1 N–H and O–H groups in total. The van der Waals surface area contributed by atoms with Crippen molar-refractivity contribution in [1.82, 2.24) is 15.2 Å². The number of nitrogens with zero attached hydrogens (tertiary/aromatic N) is 2. The fourth-order valence-corrected chi connectivity index (χ4v) is 2.47. The maximum absolute atomic E-state index is 12.8. The summed E-state index contributed by atoms with van der Waals surface area (Å²) in [6.45, 7) is 8.86. The molecular weight excluding hydrogens is 241 g/mol. The van der Waals surface area contributed by atoms with Crippen LogP contribution >= 0.6 is 0 Å². The van der Waals surface area contributed by atoms with Crippen LogP contribution < -0.4 is 5.32 Å². The van der Waals surface area contributed by atoms with Crippen LogP contribution in [0.5, 0.6) is 0 Å². The number of nitrogens with one attached hydrogen (secondary N) is 1. The number of pyridine rings is 1. The number of rotatable bonds is 5. The molecule has 0 spiro atoms. The molecule has 0 radical (unpaired) electrons. The summed E-state index contributed by atoms with van der Waals surface area (Å²) >= 11 is 0. The van der Waals surface area contributed by atoms with E-state index in [1.165, 1.54) is 38.2 Å². The van der Waals surface area contributed by atoms with Crippen LogP contribution in [-0.2, 0) is 0 Å². The number of piperidine rings is 1. The van der Waals surface area contributed by atoms with Gasteiger partial charge in [0.05, 0.1) is 11.9 Å². The molecular formula is C15H24FN3. The summed E-state index contributed by atoms with van der Waals surface area (Å²) in [6, 6.07) is 3.38. The second kappa shape index (κ2) is 6.96. The molecule has 0 aromatic carbocycles. The lowest BCUT2D eigenvalue weighted by Crippen LogP contribution is -2.38. The topological polar surface area (TPSA) is 28.2 Å². The van der Waals surface area contributed by atoms with E-state index in [9.17, 15) is 4.39 Å². The molecule has 1 saturated heterocycles. The van der Waals surface area contributed by atoms with Gasteiger partial charge in [0.25, 0.3) is 0 Å². The first-order chi connectivity index (χ1) is 9.15. The van der Waals surface area contributed by atoms with E-state index in [4.69, 9.17) is 0 Å². The average Bonchev–Trinajstić information content (AvgIpc) is 2.41. The van der Waals surface area contributed by atoms with Crippen LogP contribution in [-0.4, -0.2) is 36.1 Å². The monoisotopic (exact) mass is 265 g/mol. The molecule has 0 bridgehead atoms. The molecule has 19 heavy (non-hydrogen) atoms. The van der Waals surface area contributed by atoms with E-state index >= 15 is 0 Å². The van der Waals surface area contributed by atoms with Crippen molar-refractivity contribution >= 4 is 0 Å². The lowest BCUT2D eigenvalue weighted by molar-refractivity contribution is 0.191. The molecule has 1 aromatic rings. The molecule has 1 unspecified atom stereocenters. The highest BCUT2D eigenvalue weighted by Gasteiger charge is 2.15. The second-order valence-electron chi connectivity index (χ2n) is 5.60. The molecule has 0 amide bonds. The Hall–Kier alpha value is -1.00. The first-order valence-electron chi connectivity index (χ1n) is 7.22. The summed E-state index contributed by atoms with van der Waals surface area (Å²) in [7, 11) is 0. The lowest BCUT2D eigenvalue weighted by Gasteiger charge is -2.30. The molecule has 2 heterocycles. The van der Waals surface area contributed by atoms with Crippen LogP contribution in [0.3, 0.4) is 0 Å². The molecule has 0 saturated carbocycles. The van der Waals surface area contributed by atoms with Crippen LogP contribution in [0.25, 0.3) is 0 Å². The summed E-state index contributed by atoms with van der Waals surface area (Å²) in [5, 5.41) is 3.45. The van der Waals surface area contributed by atoms with Gasteiger partial charge < -0.3 is 10.2 Å². The zero-order chi connectivity index (χ0) is 13.7. The average molecular weight is 265 g/mol. The summed E-state index contributed by atoms with van der Waals surface area (Å²) in [4.78, 5) is 6.61. The van der Waals surface area contributed by atoms with Crippen molar-refractivity contribution in [1.29, 1.82) is 0 Å². The highest BCUT2D eigenvalue weighted by atomic mass is 19.1. The predicted octanol–water partition coefficient (Wildman–Crippen LogP) is 2.60. The van der Waals surface area contributed by atoms with Gasteiger partial charge in [0.15, 0.2) is 0 Å². The van der Waals surface area contributed by atoms with Crippen molar-refractivity contribution < 1.29 is 4.39 Å². The zero-order valence-electron chi connectivity index (χ0n) is 11.9. The van der Waals surface area contributed by atoms with Gasteiger partial charge in [0.1, 0.15) is 5.82 Å². The van der Waals surface area contributed by atoms with E-state index < -0.39 is 0 Å². The molecule has 0 aliphatic carbocycles. The molecule has 3 nitrogen and oxygen atoms in total. The fourth-order valence-electron chi connectivity index (χ4n) is 2.47. The lowest BCUT2D eigenvalue weighted by atomic mass is 9.99. The van der Waals surface area contributed by atoms with Gasteiger partial charge in [-0.3, -0.25) is 4.98 Å². The van der Waals surface area contributed by atoms with E-state index in [-0.39, 0.29) is 11.9 Å².